The van der Waals surface area contributed by atoms with Crippen LogP contribution >= 0.6 is 23.2 Å². The molecule has 0 aromatic heterocycles. The Morgan fingerprint density at radius 1 is 0.750 bits per heavy atom. The maximum atomic E-state index is 10.5. The number of phenolic OH excluding ortho intramolecular Hbond substituents is 1. The molecule has 10 heteroatoms. The van der Waals surface area contributed by atoms with Gasteiger partial charge < -0.3 is 9.84 Å². The molecule has 0 aliphatic rings. The van der Waals surface area contributed by atoms with E-state index in [0.29, 0.717) is 16.5 Å². The van der Waals surface area contributed by atoms with Gasteiger partial charge in [-0.25, -0.2) is 0 Å². The molecule has 3 aromatic carbocycles. The molecule has 28 heavy (non-hydrogen) atoms. The molecule has 0 unspecified atom stereocenters. The first-order chi connectivity index (χ1) is 13.3. The molecule has 144 valence electrons. The number of non-ortho nitro benzene ring substituents is 2. The van der Waals surface area contributed by atoms with Crippen molar-refractivity contribution in [3.8, 4) is 17.2 Å². The zero-order chi connectivity index (χ0) is 20.7. The van der Waals surface area contributed by atoms with E-state index in [1.54, 1.807) is 6.07 Å². The van der Waals surface area contributed by atoms with Crippen LogP contribution in [0.5, 0.6) is 17.2 Å². The number of hydrogen-bond acceptors (Lipinski definition) is 6. The second-order valence-electron chi connectivity index (χ2n) is 5.20. The maximum Gasteiger partial charge on any atom is 0.269 e. The fourth-order valence-corrected chi connectivity index (χ4v) is 2.30. The van der Waals surface area contributed by atoms with Crippen molar-refractivity contribution < 1.29 is 19.7 Å². The molecular weight excluding hydrogens is 411 g/mol. The standard InChI is InChI=1S/C12H8N2O5.C6H4Cl2O/c15-13(16)9-1-5-11(6-2-9)19-12-7-3-10(4-8-12)14(17)18;7-4-1-2-6(9)5(8)3-4/h1-8H;1-3,9H. The third kappa shape index (κ3) is 6.11. The molecule has 8 nitrogen and oxygen atoms in total. The summed E-state index contributed by atoms with van der Waals surface area (Å²) < 4.78 is 5.40. The highest BCUT2D eigenvalue weighted by Crippen LogP contribution is 2.26. The Morgan fingerprint density at radius 2 is 1.18 bits per heavy atom. The lowest BCUT2D eigenvalue weighted by Gasteiger charge is -2.04. The maximum absolute atomic E-state index is 10.5. The van der Waals surface area contributed by atoms with Gasteiger partial charge in [0.25, 0.3) is 11.4 Å². The highest BCUT2D eigenvalue weighted by atomic mass is 35.5. The van der Waals surface area contributed by atoms with E-state index in [4.69, 9.17) is 33.0 Å². The number of benzene rings is 3. The van der Waals surface area contributed by atoms with Gasteiger partial charge in [0.1, 0.15) is 17.2 Å². The normalized spacial score (nSPS) is 9.79. The van der Waals surface area contributed by atoms with Crippen LogP contribution in [0.15, 0.2) is 66.7 Å². The SMILES string of the molecule is O=[N+]([O-])c1ccc(Oc2ccc([N+](=O)[O-])cc2)cc1.Oc1ccc(Cl)cc1Cl. The second-order valence-corrected chi connectivity index (χ2v) is 6.04. The first kappa shape index (κ1) is 20.9. The predicted molar refractivity (Wildman–Crippen MR) is 104 cm³/mol. The minimum Gasteiger partial charge on any atom is -0.506 e. The van der Waals surface area contributed by atoms with Gasteiger partial charge in [-0.1, -0.05) is 23.2 Å². The molecule has 0 radical (unpaired) electrons. The number of ether oxygens (including phenoxy) is 1. The quantitative estimate of drug-likeness (QED) is 0.407. The van der Waals surface area contributed by atoms with E-state index in [2.05, 4.69) is 0 Å². The van der Waals surface area contributed by atoms with Crippen LogP contribution < -0.4 is 4.74 Å². The monoisotopic (exact) mass is 422 g/mol. The Bertz CT molecular complexity index is 923. The van der Waals surface area contributed by atoms with E-state index < -0.39 is 9.85 Å². The third-order valence-corrected chi connectivity index (χ3v) is 3.78. The summed E-state index contributed by atoms with van der Waals surface area (Å²) in [6.45, 7) is 0. The van der Waals surface area contributed by atoms with Crippen molar-refractivity contribution in [2.75, 3.05) is 0 Å². The van der Waals surface area contributed by atoms with Gasteiger partial charge >= 0.3 is 0 Å². The predicted octanol–water partition coefficient (Wildman–Crippen LogP) is 5.99. The summed E-state index contributed by atoms with van der Waals surface area (Å²) in [5.74, 6) is 0.889. The average Bonchev–Trinajstić information content (AvgIpc) is 2.66. The molecule has 0 atom stereocenters. The molecule has 0 bridgehead atoms. The first-order valence-electron chi connectivity index (χ1n) is 7.57. The van der Waals surface area contributed by atoms with E-state index in [-0.39, 0.29) is 22.1 Å². The van der Waals surface area contributed by atoms with Gasteiger partial charge in [-0.05, 0) is 42.5 Å². The highest BCUT2D eigenvalue weighted by Gasteiger charge is 2.07. The van der Waals surface area contributed by atoms with Gasteiger partial charge in [0.05, 0.1) is 14.9 Å². The van der Waals surface area contributed by atoms with E-state index in [1.807, 2.05) is 0 Å². The fraction of sp³-hybridized carbons (Fsp3) is 0. The number of rotatable bonds is 4. The zero-order valence-corrected chi connectivity index (χ0v) is 15.5. The number of hydrogen-bond donors (Lipinski definition) is 1. The second kappa shape index (κ2) is 9.54. The largest absolute Gasteiger partial charge is 0.506 e. The molecule has 1 N–H and O–H groups in total. The van der Waals surface area contributed by atoms with Gasteiger partial charge in [0.2, 0.25) is 0 Å². The summed E-state index contributed by atoms with van der Waals surface area (Å²) >= 11 is 11.0. The summed E-state index contributed by atoms with van der Waals surface area (Å²) in [5.41, 5.74) is -0.0629. The Hall–Kier alpha value is -3.36. The molecule has 3 aromatic rings. The van der Waals surface area contributed by atoms with E-state index in [9.17, 15) is 20.2 Å². The number of nitro groups is 2. The summed E-state index contributed by atoms with van der Waals surface area (Å²) in [5, 5.41) is 30.6. The van der Waals surface area contributed by atoms with Crippen molar-refractivity contribution in [3.63, 3.8) is 0 Å². The summed E-state index contributed by atoms with van der Waals surface area (Å²) in [6.07, 6.45) is 0. The molecule has 3 rings (SSSR count). The van der Waals surface area contributed by atoms with Crippen LogP contribution in [0.4, 0.5) is 11.4 Å². The topological polar surface area (TPSA) is 116 Å². The molecule has 0 saturated heterocycles. The van der Waals surface area contributed by atoms with Crippen molar-refractivity contribution in [2.45, 2.75) is 0 Å². The third-order valence-electron chi connectivity index (χ3n) is 3.24. The van der Waals surface area contributed by atoms with Crippen LogP contribution in [0.1, 0.15) is 0 Å². The minimum absolute atomic E-state index is 0.0314. The van der Waals surface area contributed by atoms with Gasteiger partial charge in [-0.2, -0.15) is 0 Å². The molecule has 0 amide bonds. The molecule has 0 fully saturated rings. The van der Waals surface area contributed by atoms with Gasteiger partial charge in [0.15, 0.2) is 0 Å². The van der Waals surface area contributed by atoms with Crippen molar-refractivity contribution in [2.24, 2.45) is 0 Å². The van der Waals surface area contributed by atoms with Crippen molar-refractivity contribution >= 4 is 34.6 Å². The van der Waals surface area contributed by atoms with E-state index >= 15 is 0 Å². The molecule has 0 saturated carbocycles. The number of nitro benzene ring substituents is 2. The number of phenols is 1. The van der Waals surface area contributed by atoms with Crippen molar-refractivity contribution in [1.29, 1.82) is 0 Å². The molecule has 0 aliphatic heterocycles. The fourth-order valence-electron chi connectivity index (χ4n) is 1.89. The van der Waals surface area contributed by atoms with Gasteiger partial charge in [-0.3, -0.25) is 20.2 Å². The van der Waals surface area contributed by atoms with Crippen LogP contribution in [0.3, 0.4) is 0 Å². The summed E-state index contributed by atoms with van der Waals surface area (Å²) in [6, 6.07) is 15.6. The lowest BCUT2D eigenvalue weighted by Crippen LogP contribution is -1.89. The van der Waals surface area contributed by atoms with Crippen molar-refractivity contribution in [1.82, 2.24) is 0 Å². The summed E-state index contributed by atoms with van der Waals surface area (Å²) in [7, 11) is 0. The molecule has 0 heterocycles. The lowest BCUT2D eigenvalue weighted by atomic mass is 10.3. The van der Waals surface area contributed by atoms with Crippen LogP contribution in [-0.2, 0) is 0 Å². The highest BCUT2D eigenvalue weighted by molar-refractivity contribution is 6.35. The minimum atomic E-state index is -0.504. The smallest absolute Gasteiger partial charge is 0.269 e. The number of nitrogens with zero attached hydrogens (tertiary/aromatic N) is 2. The molecular formula is C18H12Cl2N2O6. The van der Waals surface area contributed by atoms with E-state index in [1.165, 1.54) is 60.7 Å². The molecule has 0 spiro atoms. The van der Waals surface area contributed by atoms with Crippen LogP contribution in [-0.4, -0.2) is 15.0 Å². The first-order valence-corrected chi connectivity index (χ1v) is 8.32. The van der Waals surface area contributed by atoms with Crippen LogP contribution in [0, 0.1) is 20.2 Å². The van der Waals surface area contributed by atoms with Crippen LogP contribution in [0.2, 0.25) is 10.0 Å². The van der Waals surface area contributed by atoms with Crippen molar-refractivity contribution in [3.05, 3.63) is 97.0 Å². The van der Waals surface area contributed by atoms with E-state index in [0.717, 1.165) is 0 Å². The van der Waals surface area contributed by atoms with Gasteiger partial charge in [-0.15, -0.1) is 0 Å². The average molecular weight is 423 g/mol. The number of aromatic hydroxyl groups is 1. The number of halogens is 2. The Labute approximate surface area is 168 Å². The lowest BCUT2D eigenvalue weighted by molar-refractivity contribution is -0.385. The Kier molecular flexibility index (Phi) is 7.14. The zero-order valence-electron chi connectivity index (χ0n) is 14.0. The van der Waals surface area contributed by atoms with Crippen LogP contribution in [0.25, 0.3) is 0 Å². The van der Waals surface area contributed by atoms with Gasteiger partial charge in [0, 0.05) is 29.3 Å². The Balaban J connectivity index is 0.000000261. The Morgan fingerprint density at radius 3 is 1.50 bits per heavy atom. The molecule has 0 aliphatic carbocycles. The summed E-state index contributed by atoms with van der Waals surface area (Å²) in [4.78, 5) is 19.9.